The molecule has 3 aromatic carbocycles. The van der Waals surface area contributed by atoms with Gasteiger partial charge in [0.15, 0.2) is 24.4 Å². The van der Waals surface area contributed by atoms with Crippen LogP contribution in [0.15, 0.2) is 96.1 Å². The SMILES string of the molecule is [B]SOC1C(COCc2ccccc2)OC(OC2C(C(=O)OC)OC(OC(C)=N)C(OC(C)=O)C2OCc2ccccc2)C(N=[N+]=[N-])C1OCc1ccccc1. The summed E-state index contributed by atoms with van der Waals surface area (Å²) in [6.45, 7) is 2.71. The molecule has 10 atom stereocenters. The van der Waals surface area contributed by atoms with E-state index in [1.54, 1.807) is 0 Å². The molecule has 0 spiro atoms. The Morgan fingerprint density at radius 2 is 1.36 bits per heavy atom. The molecule has 10 unspecified atom stereocenters. The highest BCUT2D eigenvalue weighted by molar-refractivity contribution is 8.15. The van der Waals surface area contributed by atoms with Crippen LogP contribution in [0.5, 0.6) is 0 Å². The quantitative estimate of drug-likeness (QED) is 0.0261. The monoisotopic (exact) mass is 790 g/mol. The Bertz CT molecular complexity index is 1750. The van der Waals surface area contributed by atoms with E-state index in [2.05, 4.69) is 10.0 Å². The fourth-order valence-electron chi connectivity index (χ4n) is 6.29. The lowest BCUT2D eigenvalue weighted by molar-refractivity contribution is -0.339. The van der Waals surface area contributed by atoms with Gasteiger partial charge in [-0.2, -0.15) is 0 Å². The van der Waals surface area contributed by atoms with Gasteiger partial charge < -0.3 is 46.8 Å². The van der Waals surface area contributed by atoms with Crippen molar-refractivity contribution in [3.05, 3.63) is 118 Å². The van der Waals surface area contributed by atoms with Crippen LogP contribution >= 0.6 is 11.9 Å². The second-order valence-electron chi connectivity index (χ2n) is 12.7. The number of hydrogen-bond donors (Lipinski definition) is 1. The molecular formula is C38H43BN4O12S. The molecule has 0 aliphatic carbocycles. The van der Waals surface area contributed by atoms with Crippen molar-refractivity contribution in [2.75, 3.05) is 13.7 Å². The Labute approximate surface area is 329 Å². The number of carbonyl (C=O) groups excluding carboxylic acids is 2. The first-order valence-electron chi connectivity index (χ1n) is 17.6. The lowest BCUT2D eigenvalue weighted by Gasteiger charge is -2.48. The molecule has 2 saturated heterocycles. The second-order valence-corrected chi connectivity index (χ2v) is 13.1. The molecule has 16 nitrogen and oxygen atoms in total. The molecule has 2 fully saturated rings. The van der Waals surface area contributed by atoms with Crippen LogP contribution in [-0.2, 0) is 76.2 Å². The van der Waals surface area contributed by atoms with Crippen molar-refractivity contribution < 1.29 is 56.4 Å². The van der Waals surface area contributed by atoms with E-state index in [9.17, 15) is 15.1 Å². The van der Waals surface area contributed by atoms with E-state index >= 15 is 0 Å². The number of carbonyl (C=O) groups is 2. The number of nitrogens with one attached hydrogen (secondary N) is 1. The second kappa shape index (κ2) is 21.7. The van der Waals surface area contributed by atoms with E-state index in [1.165, 1.54) is 13.8 Å². The number of rotatable bonds is 18. The number of azide groups is 1. The summed E-state index contributed by atoms with van der Waals surface area (Å²) in [4.78, 5) is 29.1. The van der Waals surface area contributed by atoms with E-state index in [0.717, 1.165) is 23.8 Å². The molecule has 5 rings (SSSR count). The predicted molar refractivity (Wildman–Crippen MR) is 202 cm³/mol. The van der Waals surface area contributed by atoms with Crippen molar-refractivity contribution >= 4 is 36.9 Å². The Balaban J connectivity index is 1.55. The zero-order chi connectivity index (χ0) is 39.9. The van der Waals surface area contributed by atoms with E-state index in [-0.39, 0.29) is 32.3 Å². The number of esters is 2. The van der Waals surface area contributed by atoms with Crippen LogP contribution in [0.4, 0.5) is 0 Å². The highest BCUT2D eigenvalue weighted by Gasteiger charge is 2.57. The van der Waals surface area contributed by atoms with Gasteiger partial charge in [0.1, 0.15) is 36.6 Å². The normalized spacial score (nSPS) is 27.3. The Hall–Kier alpha value is -4.49. The maximum absolute atomic E-state index is 13.5. The fraction of sp³-hybridized carbons (Fsp3) is 0.447. The first-order chi connectivity index (χ1) is 27.2. The molecule has 0 amide bonds. The molecule has 2 aliphatic heterocycles. The highest BCUT2D eigenvalue weighted by atomic mass is 32.2. The molecule has 2 radical (unpaired) electrons. The molecule has 1 N–H and O–H groups in total. The van der Waals surface area contributed by atoms with Gasteiger partial charge in [-0.15, -0.1) is 0 Å². The van der Waals surface area contributed by atoms with Gasteiger partial charge in [-0.05, 0) is 22.2 Å². The van der Waals surface area contributed by atoms with E-state index < -0.39 is 73.3 Å². The molecule has 2 aliphatic rings. The summed E-state index contributed by atoms with van der Waals surface area (Å²) in [5, 5.41) is 12.1. The third-order valence-electron chi connectivity index (χ3n) is 8.75. The third kappa shape index (κ3) is 11.8. The summed E-state index contributed by atoms with van der Waals surface area (Å²) in [6, 6.07) is 26.6. The zero-order valence-corrected chi connectivity index (χ0v) is 31.8. The smallest absolute Gasteiger partial charge is 0.338 e. The predicted octanol–water partition coefficient (Wildman–Crippen LogP) is 5.12. The number of benzene rings is 3. The molecule has 56 heavy (non-hydrogen) atoms. The average Bonchev–Trinajstić information content (AvgIpc) is 3.20. The summed E-state index contributed by atoms with van der Waals surface area (Å²) < 4.78 is 60.4. The van der Waals surface area contributed by atoms with Gasteiger partial charge in [-0.3, -0.25) is 10.2 Å². The molecule has 2 heterocycles. The summed E-state index contributed by atoms with van der Waals surface area (Å²) >= 11 is 0.575. The van der Waals surface area contributed by atoms with Crippen molar-refractivity contribution in [2.24, 2.45) is 5.11 Å². The average molecular weight is 791 g/mol. The zero-order valence-electron chi connectivity index (χ0n) is 31.0. The van der Waals surface area contributed by atoms with Crippen molar-refractivity contribution in [1.29, 1.82) is 5.41 Å². The van der Waals surface area contributed by atoms with Gasteiger partial charge in [-0.25, -0.2) is 4.79 Å². The van der Waals surface area contributed by atoms with Crippen LogP contribution in [0.1, 0.15) is 30.5 Å². The van der Waals surface area contributed by atoms with Crippen LogP contribution in [0.3, 0.4) is 0 Å². The van der Waals surface area contributed by atoms with Gasteiger partial charge in [0.25, 0.3) is 0 Å². The molecule has 0 saturated carbocycles. The first kappa shape index (κ1) is 42.7. The minimum absolute atomic E-state index is 0.0407. The summed E-state index contributed by atoms with van der Waals surface area (Å²) in [6.07, 6.45) is -11.7. The molecule has 3 aromatic rings. The fourth-order valence-corrected chi connectivity index (χ4v) is 6.65. The molecule has 296 valence electrons. The lowest BCUT2D eigenvalue weighted by Crippen LogP contribution is -2.66. The number of hydrogen-bond acceptors (Lipinski definition) is 15. The van der Waals surface area contributed by atoms with E-state index in [1.807, 2.05) is 91.0 Å². The van der Waals surface area contributed by atoms with Crippen molar-refractivity contribution in [3.63, 3.8) is 0 Å². The molecule has 18 heteroatoms. The van der Waals surface area contributed by atoms with Gasteiger partial charge in [-0.1, -0.05) is 108 Å². The standard InChI is InChI=1S/C38H43BN4O12S/c1-23(40)50-38-35(51-24(2)44)32(49-21-27-17-11-6-12-18-27)33(34(54-38)36(45)46-3)53-37-29(42-43-41)31(48-20-26-15-9-5-10-16-26)30(55-56-39)28(52-37)22-47-19-25-13-7-4-8-14-25/h4-18,28-35,37-38,40H,19-22H2,1-3H3. The van der Waals surface area contributed by atoms with Crippen LogP contribution in [0, 0.1) is 5.41 Å². The lowest BCUT2D eigenvalue weighted by atomic mass is 9.95. The number of ether oxygens (including phenoxy) is 9. The third-order valence-corrected chi connectivity index (χ3v) is 9.08. The summed E-state index contributed by atoms with van der Waals surface area (Å²) in [7, 11) is 6.99. The van der Waals surface area contributed by atoms with Crippen LogP contribution in [0.2, 0.25) is 0 Å². The maximum atomic E-state index is 13.5. The van der Waals surface area contributed by atoms with Crippen molar-refractivity contribution in [3.8, 4) is 0 Å². The van der Waals surface area contributed by atoms with Gasteiger partial charge in [0, 0.05) is 18.8 Å². The van der Waals surface area contributed by atoms with Crippen molar-refractivity contribution in [2.45, 2.75) is 95.0 Å². The largest absolute Gasteiger partial charge is 0.467 e. The first-order valence-corrected chi connectivity index (χ1v) is 18.4. The Kier molecular flexibility index (Phi) is 16.5. The molecule has 0 bridgehead atoms. The van der Waals surface area contributed by atoms with Gasteiger partial charge in [0.05, 0.1) is 33.5 Å². The highest BCUT2D eigenvalue weighted by Crippen LogP contribution is 2.37. The maximum Gasteiger partial charge on any atom is 0.338 e. The summed E-state index contributed by atoms with van der Waals surface area (Å²) in [5.41, 5.74) is 12.3. The Morgan fingerprint density at radius 1 is 0.786 bits per heavy atom. The van der Waals surface area contributed by atoms with Gasteiger partial charge in [0.2, 0.25) is 13.4 Å². The number of methoxy groups -OCH3 is 1. The van der Waals surface area contributed by atoms with E-state index in [4.69, 9.17) is 59.3 Å². The van der Waals surface area contributed by atoms with Crippen LogP contribution in [0.25, 0.3) is 10.4 Å². The van der Waals surface area contributed by atoms with Gasteiger partial charge >= 0.3 is 11.9 Å². The van der Waals surface area contributed by atoms with Crippen molar-refractivity contribution in [1.82, 2.24) is 0 Å². The minimum Gasteiger partial charge on any atom is -0.467 e. The Morgan fingerprint density at radius 3 is 1.88 bits per heavy atom. The van der Waals surface area contributed by atoms with Crippen LogP contribution < -0.4 is 0 Å². The molecular weight excluding hydrogens is 747 g/mol. The minimum atomic E-state index is -1.60. The van der Waals surface area contributed by atoms with Crippen LogP contribution in [-0.4, -0.2) is 100 Å². The topological polar surface area (TPSA) is 199 Å². The molecule has 0 aromatic heterocycles. The number of nitrogens with zero attached hydrogens (tertiary/aromatic N) is 3. The van der Waals surface area contributed by atoms with E-state index in [0.29, 0.717) is 11.9 Å². The summed E-state index contributed by atoms with van der Waals surface area (Å²) in [5.74, 6) is -1.93.